The second-order valence-corrected chi connectivity index (χ2v) is 4.51. The maximum atomic E-state index is 11.9. The molecular weight excluding hydrogens is 283 g/mol. The molecule has 1 aromatic carbocycles. The van der Waals surface area contributed by atoms with Crippen LogP contribution in [-0.4, -0.2) is 30.9 Å². The number of halogens is 3. The number of rotatable bonds is 5. The van der Waals surface area contributed by atoms with Crippen molar-refractivity contribution in [1.82, 2.24) is 0 Å². The van der Waals surface area contributed by atoms with Crippen molar-refractivity contribution in [2.45, 2.75) is 5.51 Å². The highest BCUT2D eigenvalue weighted by Gasteiger charge is 2.27. The number of thioether (sulfide) groups is 1. The summed E-state index contributed by atoms with van der Waals surface area (Å²) in [5.74, 6) is -0.870. The summed E-state index contributed by atoms with van der Waals surface area (Å²) in [5, 5.41) is 0. The van der Waals surface area contributed by atoms with E-state index in [0.29, 0.717) is 0 Å². The highest BCUT2D eigenvalue weighted by Crippen LogP contribution is 2.30. The van der Waals surface area contributed by atoms with Crippen molar-refractivity contribution in [2.24, 2.45) is 0 Å². The third-order valence-electron chi connectivity index (χ3n) is 2.05. The van der Waals surface area contributed by atoms with Gasteiger partial charge in [0.25, 0.3) is 0 Å². The van der Waals surface area contributed by atoms with E-state index >= 15 is 0 Å². The molecule has 1 rings (SSSR count). The van der Waals surface area contributed by atoms with Gasteiger partial charge in [-0.05, 0) is 23.9 Å². The summed E-state index contributed by atoms with van der Waals surface area (Å²) in [6.45, 7) is -0.197. The van der Waals surface area contributed by atoms with Gasteiger partial charge in [-0.2, -0.15) is 13.2 Å². The summed E-state index contributed by atoms with van der Waals surface area (Å²) >= 11 is -0.195. The Kier molecular flexibility index (Phi) is 5.34. The molecular formula is C11H12F3NO3S. The average Bonchev–Trinajstić information content (AvgIpc) is 2.33. The zero-order valence-corrected chi connectivity index (χ0v) is 10.8. The molecule has 0 heterocycles. The Labute approximate surface area is 112 Å². The smallest absolute Gasteiger partial charge is 0.441 e. The minimum atomic E-state index is -4.30. The van der Waals surface area contributed by atoms with Crippen molar-refractivity contribution in [3.8, 4) is 5.75 Å². The van der Waals surface area contributed by atoms with Gasteiger partial charge in [-0.25, -0.2) is 4.79 Å². The summed E-state index contributed by atoms with van der Waals surface area (Å²) in [6.07, 6.45) is 0. The van der Waals surface area contributed by atoms with Crippen LogP contribution in [0.25, 0.3) is 0 Å². The summed E-state index contributed by atoms with van der Waals surface area (Å²) < 4.78 is 45.4. The lowest BCUT2D eigenvalue weighted by molar-refractivity contribution is -0.0329. The molecule has 0 spiro atoms. The van der Waals surface area contributed by atoms with E-state index in [2.05, 4.69) is 4.74 Å². The van der Waals surface area contributed by atoms with Crippen LogP contribution >= 0.6 is 11.8 Å². The molecule has 0 atom stereocenters. The zero-order valence-electron chi connectivity index (χ0n) is 9.99. The fourth-order valence-electron chi connectivity index (χ4n) is 1.30. The van der Waals surface area contributed by atoms with Crippen LogP contribution in [0.2, 0.25) is 0 Å². The zero-order chi connectivity index (χ0) is 14.5. The SMILES string of the molecule is COC(=O)c1c(N)cccc1OCCSC(F)(F)F. The second-order valence-electron chi connectivity index (χ2n) is 3.35. The molecule has 0 aliphatic heterocycles. The first-order valence-electron chi connectivity index (χ1n) is 5.15. The van der Waals surface area contributed by atoms with Crippen molar-refractivity contribution in [3.63, 3.8) is 0 Å². The van der Waals surface area contributed by atoms with Crippen LogP contribution in [0.5, 0.6) is 5.75 Å². The molecule has 0 aliphatic carbocycles. The molecule has 0 aliphatic rings. The Bertz CT molecular complexity index is 451. The van der Waals surface area contributed by atoms with Crippen LogP contribution in [0.3, 0.4) is 0 Å². The normalized spacial score (nSPS) is 11.2. The van der Waals surface area contributed by atoms with Crippen molar-refractivity contribution >= 4 is 23.4 Å². The lowest BCUT2D eigenvalue weighted by atomic mass is 10.1. The Morgan fingerprint density at radius 2 is 2.11 bits per heavy atom. The maximum Gasteiger partial charge on any atom is 0.441 e. The van der Waals surface area contributed by atoms with Gasteiger partial charge in [-0.1, -0.05) is 6.07 Å². The first-order valence-corrected chi connectivity index (χ1v) is 6.14. The summed E-state index contributed by atoms with van der Waals surface area (Å²) in [6, 6.07) is 4.46. The van der Waals surface area contributed by atoms with E-state index in [0.717, 1.165) is 0 Å². The Morgan fingerprint density at radius 1 is 1.42 bits per heavy atom. The molecule has 0 aromatic heterocycles. The van der Waals surface area contributed by atoms with Crippen LogP contribution in [0, 0.1) is 0 Å². The fourth-order valence-corrected chi connectivity index (χ4v) is 1.70. The number of methoxy groups -OCH3 is 1. The lowest BCUT2D eigenvalue weighted by Crippen LogP contribution is -2.12. The first-order chi connectivity index (χ1) is 8.85. The first kappa shape index (κ1) is 15.5. The molecule has 0 radical (unpaired) electrons. The molecule has 0 unspecified atom stereocenters. The number of ether oxygens (including phenoxy) is 2. The number of nitrogens with two attached hydrogens (primary N) is 1. The molecule has 0 bridgehead atoms. The van der Waals surface area contributed by atoms with Gasteiger partial charge >= 0.3 is 11.5 Å². The number of hydrogen-bond donors (Lipinski definition) is 1. The third kappa shape index (κ3) is 4.90. The monoisotopic (exact) mass is 295 g/mol. The molecule has 0 saturated heterocycles. The molecule has 0 amide bonds. The standard InChI is InChI=1S/C11H12F3NO3S/c1-17-10(16)9-7(15)3-2-4-8(9)18-5-6-19-11(12,13)14/h2-4H,5-6,15H2,1H3. The van der Waals surface area contributed by atoms with E-state index in [-0.39, 0.29) is 41.1 Å². The van der Waals surface area contributed by atoms with Crippen LogP contribution in [-0.2, 0) is 4.74 Å². The number of anilines is 1. The lowest BCUT2D eigenvalue weighted by Gasteiger charge is -2.12. The Hall–Kier alpha value is -1.57. The minimum Gasteiger partial charge on any atom is -0.492 e. The number of alkyl halides is 3. The highest BCUT2D eigenvalue weighted by molar-refractivity contribution is 8.00. The predicted molar refractivity (Wildman–Crippen MR) is 66.2 cm³/mol. The topological polar surface area (TPSA) is 61.5 Å². The molecule has 2 N–H and O–H groups in total. The van der Waals surface area contributed by atoms with E-state index in [4.69, 9.17) is 10.5 Å². The third-order valence-corrected chi connectivity index (χ3v) is 2.75. The van der Waals surface area contributed by atoms with Crippen LogP contribution < -0.4 is 10.5 Å². The summed E-state index contributed by atoms with van der Waals surface area (Å²) in [7, 11) is 1.18. The van der Waals surface area contributed by atoms with Gasteiger partial charge in [0, 0.05) is 11.4 Å². The predicted octanol–water partition coefficient (Wildman–Crippen LogP) is 2.69. The second kappa shape index (κ2) is 6.55. The Balaban J connectivity index is 2.68. The van der Waals surface area contributed by atoms with E-state index in [1.165, 1.54) is 25.3 Å². The van der Waals surface area contributed by atoms with Gasteiger partial charge < -0.3 is 15.2 Å². The van der Waals surface area contributed by atoms with Crippen LogP contribution in [0.1, 0.15) is 10.4 Å². The van der Waals surface area contributed by atoms with Gasteiger partial charge in [0.2, 0.25) is 0 Å². The van der Waals surface area contributed by atoms with Crippen LogP contribution in [0.4, 0.5) is 18.9 Å². The van der Waals surface area contributed by atoms with Crippen molar-refractivity contribution < 1.29 is 27.4 Å². The van der Waals surface area contributed by atoms with Crippen LogP contribution in [0.15, 0.2) is 18.2 Å². The molecule has 0 saturated carbocycles. The van der Waals surface area contributed by atoms with Gasteiger partial charge in [-0.3, -0.25) is 0 Å². The number of benzene rings is 1. The molecule has 8 heteroatoms. The summed E-state index contributed by atoms with van der Waals surface area (Å²) in [4.78, 5) is 11.5. The van der Waals surface area contributed by atoms with E-state index < -0.39 is 11.5 Å². The minimum absolute atomic E-state index is 0.0157. The van der Waals surface area contributed by atoms with E-state index in [1.807, 2.05) is 0 Å². The van der Waals surface area contributed by atoms with Crippen molar-refractivity contribution in [1.29, 1.82) is 0 Å². The quantitative estimate of drug-likeness (QED) is 0.514. The van der Waals surface area contributed by atoms with E-state index in [1.54, 1.807) is 0 Å². The maximum absolute atomic E-state index is 11.9. The largest absolute Gasteiger partial charge is 0.492 e. The van der Waals surface area contributed by atoms with Gasteiger partial charge in [0.05, 0.1) is 13.7 Å². The molecule has 4 nitrogen and oxygen atoms in total. The van der Waals surface area contributed by atoms with Gasteiger partial charge in [-0.15, -0.1) is 0 Å². The number of carbonyl (C=O) groups excluding carboxylic acids is 1. The van der Waals surface area contributed by atoms with E-state index in [9.17, 15) is 18.0 Å². The van der Waals surface area contributed by atoms with Crippen molar-refractivity contribution in [3.05, 3.63) is 23.8 Å². The Morgan fingerprint density at radius 3 is 2.68 bits per heavy atom. The molecule has 106 valence electrons. The molecule has 0 fully saturated rings. The van der Waals surface area contributed by atoms with Gasteiger partial charge in [0.15, 0.2) is 0 Å². The number of carbonyl (C=O) groups is 1. The number of nitrogen functional groups attached to an aromatic ring is 1. The number of esters is 1. The molecule has 1 aromatic rings. The van der Waals surface area contributed by atoms with Crippen molar-refractivity contribution in [2.75, 3.05) is 25.2 Å². The number of hydrogen-bond acceptors (Lipinski definition) is 5. The summed E-state index contributed by atoms with van der Waals surface area (Å²) in [5.41, 5.74) is 1.47. The average molecular weight is 295 g/mol. The molecule has 19 heavy (non-hydrogen) atoms. The fraction of sp³-hybridized carbons (Fsp3) is 0.364. The highest BCUT2D eigenvalue weighted by atomic mass is 32.2. The van der Waals surface area contributed by atoms with Gasteiger partial charge in [0.1, 0.15) is 11.3 Å².